The molecule has 0 saturated carbocycles. The smallest absolute Gasteiger partial charge is 0.261 e. The molecule has 0 N–H and O–H groups in total. The Kier molecular flexibility index (Phi) is 3.20. The summed E-state index contributed by atoms with van der Waals surface area (Å²) in [6, 6.07) is 5.50. The highest BCUT2D eigenvalue weighted by Gasteiger charge is 2.19. The minimum Gasteiger partial charge on any atom is -0.357 e. The Bertz CT molecular complexity index is 922. The van der Waals surface area contributed by atoms with Crippen LogP contribution in [0.2, 0.25) is 5.02 Å². The SMILES string of the molecule is Cn1c(=O)c2cn(C3CCCCO3)nc2c2cc(Cl)ccc21. The first-order valence-corrected chi connectivity index (χ1v) is 7.81. The minimum atomic E-state index is -0.0832. The lowest BCUT2D eigenvalue weighted by Gasteiger charge is -2.22. The Balaban J connectivity index is 2.01. The maximum atomic E-state index is 12.6. The number of ether oxygens (including phenoxy) is 1. The van der Waals surface area contributed by atoms with E-state index in [2.05, 4.69) is 5.10 Å². The molecule has 1 saturated heterocycles. The molecule has 4 rings (SSSR count). The third kappa shape index (κ3) is 2.04. The minimum absolute atomic E-state index is 0.0492. The van der Waals surface area contributed by atoms with Crippen molar-refractivity contribution in [3.63, 3.8) is 0 Å². The highest BCUT2D eigenvalue weighted by atomic mass is 35.5. The van der Waals surface area contributed by atoms with Crippen LogP contribution < -0.4 is 5.56 Å². The fourth-order valence-electron chi connectivity index (χ4n) is 3.11. The fourth-order valence-corrected chi connectivity index (χ4v) is 3.28. The van der Waals surface area contributed by atoms with Crippen molar-refractivity contribution in [1.29, 1.82) is 0 Å². The third-order valence-electron chi connectivity index (χ3n) is 4.29. The van der Waals surface area contributed by atoms with Crippen molar-refractivity contribution in [3.8, 4) is 0 Å². The molecule has 1 unspecified atom stereocenters. The van der Waals surface area contributed by atoms with Crippen molar-refractivity contribution in [2.24, 2.45) is 7.05 Å². The molecule has 0 amide bonds. The number of benzene rings is 1. The second-order valence-corrected chi connectivity index (χ2v) is 6.15. The van der Waals surface area contributed by atoms with Crippen LogP contribution >= 0.6 is 11.6 Å². The highest BCUT2D eigenvalue weighted by molar-refractivity contribution is 6.31. The average Bonchev–Trinajstić information content (AvgIpc) is 2.99. The molecule has 3 aromatic rings. The van der Waals surface area contributed by atoms with Gasteiger partial charge >= 0.3 is 0 Å². The van der Waals surface area contributed by atoms with Crippen molar-refractivity contribution >= 4 is 33.4 Å². The summed E-state index contributed by atoms with van der Waals surface area (Å²) in [5.74, 6) is 0. The number of rotatable bonds is 1. The second-order valence-electron chi connectivity index (χ2n) is 5.72. The molecule has 6 heteroatoms. The zero-order valence-electron chi connectivity index (χ0n) is 12.3. The Morgan fingerprint density at radius 2 is 2.18 bits per heavy atom. The van der Waals surface area contributed by atoms with Gasteiger partial charge in [0, 0.05) is 30.3 Å². The van der Waals surface area contributed by atoms with E-state index in [0.29, 0.717) is 15.9 Å². The molecular formula is C16H16ClN3O2. The van der Waals surface area contributed by atoms with Gasteiger partial charge in [-0.2, -0.15) is 5.10 Å². The van der Waals surface area contributed by atoms with Crippen LogP contribution in [-0.2, 0) is 11.8 Å². The quantitative estimate of drug-likeness (QED) is 0.692. The molecular weight excluding hydrogens is 302 g/mol. The number of halogens is 1. The Morgan fingerprint density at radius 1 is 1.32 bits per heavy atom. The standard InChI is InChI=1S/C16H16ClN3O2/c1-19-13-6-5-10(17)8-11(13)15-12(16(19)21)9-20(18-15)14-4-2-3-7-22-14/h5-6,8-9,14H,2-4,7H2,1H3. The van der Waals surface area contributed by atoms with Gasteiger partial charge in [-0.3, -0.25) is 4.79 Å². The van der Waals surface area contributed by atoms with Gasteiger partial charge in [-0.05, 0) is 37.5 Å². The van der Waals surface area contributed by atoms with Crippen LogP contribution in [0, 0.1) is 0 Å². The van der Waals surface area contributed by atoms with Gasteiger partial charge in [0.2, 0.25) is 0 Å². The Morgan fingerprint density at radius 3 is 2.95 bits per heavy atom. The van der Waals surface area contributed by atoms with E-state index < -0.39 is 0 Å². The summed E-state index contributed by atoms with van der Waals surface area (Å²) < 4.78 is 9.19. The number of hydrogen-bond acceptors (Lipinski definition) is 3. The number of aromatic nitrogens is 3. The zero-order chi connectivity index (χ0) is 15.3. The van der Waals surface area contributed by atoms with Crippen LogP contribution in [0.15, 0.2) is 29.2 Å². The van der Waals surface area contributed by atoms with Gasteiger partial charge < -0.3 is 9.30 Å². The van der Waals surface area contributed by atoms with Crippen molar-refractivity contribution < 1.29 is 4.74 Å². The predicted molar refractivity (Wildman–Crippen MR) is 86.3 cm³/mol. The summed E-state index contributed by atoms with van der Waals surface area (Å²) in [5, 5.41) is 6.75. The molecule has 0 radical (unpaired) electrons. The third-order valence-corrected chi connectivity index (χ3v) is 4.53. The molecule has 5 nitrogen and oxygen atoms in total. The van der Waals surface area contributed by atoms with Gasteiger partial charge in [0.05, 0.1) is 10.9 Å². The normalized spacial score (nSPS) is 19.1. The van der Waals surface area contributed by atoms with E-state index in [1.54, 1.807) is 28.6 Å². The molecule has 1 aliphatic heterocycles. The number of nitrogens with zero attached hydrogens (tertiary/aromatic N) is 3. The molecule has 1 aromatic carbocycles. The fraction of sp³-hybridized carbons (Fsp3) is 0.375. The largest absolute Gasteiger partial charge is 0.357 e. The predicted octanol–water partition coefficient (Wildman–Crippen LogP) is 3.24. The molecule has 1 atom stereocenters. The lowest BCUT2D eigenvalue weighted by molar-refractivity contribution is -0.0390. The van der Waals surface area contributed by atoms with E-state index in [4.69, 9.17) is 16.3 Å². The maximum Gasteiger partial charge on any atom is 0.261 e. The van der Waals surface area contributed by atoms with Crippen molar-refractivity contribution in [3.05, 3.63) is 39.8 Å². The summed E-state index contributed by atoms with van der Waals surface area (Å²) in [4.78, 5) is 12.6. The first-order valence-electron chi connectivity index (χ1n) is 7.44. The number of pyridine rings is 1. The van der Waals surface area contributed by atoms with Crippen molar-refractivity contribution in [1.82, 2.24) is 14.3 Å². The molecule has 0 aliphatic carbocycles. The van der Waals surface area contributed by atoms with Crippen molar-refractivity contribution in [2.75, 3.05) is 6.61 Å². The summed E-state index contributed by atoms with van der Waals surface area (Å²) in [5.41, 5.74) is 1.47. The van der Waals surface area contributed by atoms with Gasteiger partial charge in [-0.15, -0.1) is 0 Å². The number of fused-ring (bicyclic) bond motifs is 3. The van der Waals surface area contributed by atoms with Crippen LogP contribution in [0.25, 0.3) is 21.8 Å². The first kappa shape index (κ1) is 13.8. The molecule has 0 bridgehead atoms. The van der Waals surface area contributed by atoms with E-state index in [1.165, 1.54) is 0 Å². The van der Waals surface area contributed by atoms with Gasteiger partial charge in [0.1, 0.15) is 11.7 Å². The topological polar surface area (TPSA) is 49.0 Å². The van der Waals surface area contributed by atoms with Gasteiger partial charge in [0.15, 0.2) is 0 Å². The summed E-state index contributed by atoms with van der Waals surface area (Å²) in [6.45, 7) is 0.742. The summed E-state index contributed by atoms with van der Waals surface area (Å²) in [6.07, 6.45) is 4.84. The number of aryl methyl sites for hydroxylation is 1. The monoisotopic (exact) mass is 317 g/mol. The average molecular weight is 318 g/mol. The second kappa shape index (κ2) is 5.11. The van der Waals surface area contributed by atoms with Gasteiger partial charge in [0.25, 0.3) is 5.56 Å². The van der Waals surface area contributed by atoms with E-state index in [1.807, 2.05) is 12.1 Å². The molecule has 0 spiro atoms. The van der Waals surface area contributed by atoms with Gasteiger partial charge in [-0.1, -0.05) is 11.6 Å². The van der Waals surface area contributed by atoms with Crippen LogP contribution in [-0.4, -0.2) is 21.0 Å². The molecule has 3 heterocycles. The van der Waals surface area contributed by atoms with E-state index >= 15 is 0 Å². The van der Waals surface area contributed by atoms with E-state index in [-0.39, 0.29) is 11.8 Å². The van der Waals surface area contributed by atoms with E-state index in [0.717, 1.165) is 36.8 Å². The maximum absolute atomic E-state index is 12.6. The highest BCUT2D eigenvalue weighted by Crippen LogP contribution is 2.27. The Hall–Kier alpha value is -1.85. The lowest BCUT2D eigenvalue weighted by Crippen LogP contribution is -2.18. The lowest BCUT2D eigenvalue weighted by atomic mass is 10.1. The van der Waals surface area contributed by atoms with E-state index in [9.17, 15) is 4.79 Å². The molecule has 2 aromatic heterocycles. The van der Waals surface area contributed by atoms with Crippen LogP contribution in [0.1, 0.15) is 25.5 Å². The molecule has 1 aliphatic rings. The van der Waals surface area contributed by atoms with Crippen LogP contribution in [0.4, 0.5) is 0 Å². The Labute approximate surface area is 132 Å². The summed E-state index contributed by atoms with van der Waals surface area (Å²) in [7, 11) is 1.77. The van der Waals surface area contributed by atoms with Crippen molar-refractivity contribution in [2.45, 2.75) is 25.5 Å². The van der Waals surface area contributed by atoms with Gasteiger partial charge in [-0.25, -0.2) is 4.68 Å². The zero-order valence-corrected chi connectivity index (χ0v) is 13.0. The first-order chi connectivity index (χ1) is 10.6. The number of hydrogen-bond donors (Lipinski definition) is 0. The summed E-state index contributed by atoms with van der Waals surface area (Å²) >= 11 is 6.12. The molecule has 22 heavy (non-hydrogen) atoms. The molecule has 114 valence electrons. The van der Waals surface area contributed by atoms with Crippen LogP contribution in [0.3, 0.4) is 0 Å². The van der Waals surface area contributed by atoms with Crippen LogP contribution in [0.5, 0.6) is 0 Å². The molecule has 1 fully saturated rings.